The van der Waals surface area contributed by atoms with Crippen molar-refractivity contribution in [3.05, 3.63) is 48.0 Å². The first-order chi connectivity index (χ1) is 13.8. The average molecular weight is 416 g/mol. The molecule has 0 spiro atoms. The standard InChI is InChI=1S/C21H25N3O4S/c1-15-5-10-18-19(13-15)28-20(14-24(18)29(2,26)27)21(25)22-16-6-8-17(9-7-16)23-11-3-4-12-23/h5-10,13,20H,3-4,11-12,14H2,1-2H3,(H,22,25)/t20-/m1/s1. The number of hydrogen-bond donors (Lipinski definition) is 1. The van der Waals surface area contributed by atoms with Gasteiger partial charge >= 0.3 is 0 Å². The summed E-state index contributed by atoms with van der Waals surface area (Å²) in [5, 5.41) is 2.84. The topological polar surface area (TPSA) is 79.0 Å². The van der Waals surface area contributed by atoms with Gasteiger partial charge in [-0.25, -0.2) is 8.42 Å². The predicted molar refractivity (Wildman–Crippen MR) is 114 cm³/mol. The molecule has 2 aliphatic rings. The Bertz CT molecular complexity index is 1010. The highest BCUT2D eigenvalue weighted by molar-refractivity contribution is 7.92. The normalized spacial score (nSPS) is 18.9. The highest BCUT2D eigenvalue weighted by Crippen LogP contribution is 2.36. The maximum atomic E-state index is 12.8. The Morgan fingerprint density at radius 1 is 1.10 bits per heavy atom. The predicted octanol–water partition coefficient (Wildman–Crippen LogP) is 2.76. The first-order valence-corrected chi connectivity index (χ1v) is 11.6. The highest BCUT2D eigenvalue weighted by Gasteiger charge is 2.35. The number of carbonyl (C=O) groups excluding carboxylic acids is 1. The van der Waals surface area contributed by atoms with E-state index in [1.807, 2.05) is 37.3 Å². The van der Waals surface area contributed by atoms with E-state index in [0.29, 0.717) is 17.1 Å². The number of amides is 1. The Kier molecular flexibility index (Phi) is 5.12. The first kappa shape index (κ1) is 19.6. The molecule has 7 nitrogen and oxygen atoms in total. The minimum Gasteiger partial charge on any atom is -0.476 e. The lowest BCUT2D eigenvalue weighted by molar-refractivity contribution is -0.122. The van der Waals surface area contributed by atoms with Gasteiger partial charge in [0.1, 0.15) is 5.75 Å². The molecule has 8 heteroatoms. The van der Waals surface area contributed by atoms with E-state index in [1.54, 1.807) is 12.1 Å². The van der Waals surface area contributed by atoms with E-state index in [2.05, 4.69) is 10.2 Å². The van der Waals surface area contributed by atoms with Crippen molar-refractivity contribution in [3.63, 3.8) is 0 Å². The molecular formula is C21H25N3O4S. The Labute approximate surface area is 171 Å². The van der Waals surface area contributed by atoms with Crippen LogP contribution >= 0.6 is 0 Å². The molecule has 1 saturated heterocycles. The van der Waals surface area contributed by atoms with E-state index in [0.717, 1.165) is 30.6 Å². The third-order valence-electron chi connectivity index (χ3n) is 5.28. The number of hydrogen-bond acceptors (Lipinski definition) is 5. The van der Waals surface area contributed by atoms with Gasteiger partial charge in [0.25, 0.3) is 5.91 Å². The molecule has 1 amide bonds. The number of nitrogens with one attached hydrogen (secondary N) is 1. The van der Waals surface area contributed by atoms with Gasteiger partial charge in [0, 0.05) is 24.5 Å². The van der Waals surface area contributed by atoms with E-state index in [4.69, 9.17) is 4.74 Å². The quantitative estimate of drug-likeness (QED) is 0.831. The molecule has 0 aliphatic carbocycles. The molecule has 0 aromatic heterocycles. The molecular weight excluding hydrogens is 390 g/mol. The average Bonchev–Trinajstić information content (AvgIpc) is 3.21. The van der Waals surface area contributed by atoms with Crippen molar-refractivity contribution in [2.45, 2.75) is 25.9 Å². The maximum absolute atomic E-state index is 12.8. The van der Waals surface area contributed by atoms with Crippen LogP contribution in [0.2, 0.25) is 0 Å². The molecule has 0 bridgehead atoms. The summed E-state index contributed by atoms with van der Waals surface area (Å²) in [6.07, 6.45) is 2.61. The number of benzene rings is 2. The summed E-state index contributed by atoms with van der Waals surface area (Å²) in [4.78, 5) is 15.1. The molecule has 1 fully saturated rings. The maximum Gasteiger partial charge on any atom is 0.267 e. The van der Waals surface area contributed by atoms with Crippen LogP contribution in [0, 0.1) is 6.92 Å². The number of anilines is 3. The summed E-state index contributed by atoms with van der Waals surface area (Å²) in [6.45, 7) is 3.94. The number of carbonyl (C=O) groups is 1. The van der Waals surface area contributed by atoms with E-state index in [1.165, 1.54) is 17.1 Å². The largest absolute Gasteiger partial charge is 0.476 e. The van der Waals surface area contributed by atoms with Gasteiger partial charge in [-0.1, -0.05) is 6.07 Å². The smallest absolute Gasteiger partial charge is 0.267 e. The lowest BCUT2D eigenvalue weighted by Gasteiger charge is -2.34. The molecule has 2 aliphatic heterocycles. The number of aryl methyl sites for hydroxylation is 1. The van der Waals surface area contributed by atoms with Gasteiger partial charge < -0.3 is 15.0 Å². The van der Waals surface area contributed by atoms with Crippen LogP contribution in [0.4, 0.5) is 17.1 Å². The summed E-state index contributed by atoms with van der Waals surface area (Å²) in [6, 6.07) is 13.0. The first-order valence-electron chi connectivity index (χ1n) is 9.72. The number of fused-ring (bicyclic) bond motifs is 1. The fraction of sp³-hybridized carbons (Fsp3) is 0.381. The van der Waals surface area contributed by atoms with Gasteiger partial charge in [0.2, 0.25) is 10.0 Å². The van der Waals surface area contributed by atoms with Gasteiger partial charge in [0.15, 0.2) is 6.10 Å². The Morgan fingerprint density at radius 2 is 1.79 bits per heavy atom. The van der Waals surface area contributed by atoms with Gasteiger partial charge in [-0.15, -0.1) is 0 Å². The van der Waals surface area contributed by atoms with Gasteiger partial charge in [-0.2, -0.15) is 0 Å². The van der Waals surface area contributed by atoms with Crippen LogP contribution in [0.25, 0.3) is 0 Å². The summed E-state index contributed by atoms with van der Waals surface area (Å²) in [5.41, 5.74) is 3.18. The molecule has 1 N–H and O–H groups in total. The third-order valence-corrected chi connectivity index (χ3v) is 6.43. The van der Waals surface area contributed by atoms with Crippen LogP contribution < -0.4 is 19.3 Å². The monoisotopic (exact) mass is 415 g/mol. The zero-order valence-corrected chi connectivity index (χ0v) is 17.4. The van der Waals surface area contributed by atoms with Gasteiger partial charge in [0.05, 0.1) is 18.5 Å². The minimum absolute atomic E-state index is 0.0629. The zero-order chi connectivity index (χ0) is 20.6. The zero-order valence-electron chi connectivity index (χ0n) is 16.6. The third kappa shape index (κ3) is 4.17. The minimum atomic E-state index is -3.54. The molecule has 154 valence electrons. The van der Waals surface area contributed by atoms with Gasteiger partial charge in [-0.05, 0) is 61.7 Å². The van der Waals surface area contributed by atoms with Crippen molar-refractivity contribution in [1.82, 2.24) is 0 Å². The second-order valence-electron chi connectivity index (χ2n) is 7.60. The van der Waals surface area contributed by atoms with E-state index in [9.17, 15) is 13.2 Å². The number of rotatable bonds is 4. The van der Waals surface area contributed by atoms with Crippen LogP contribution in [0.3, 0.4) is 0 Å². The SMILES string of the molecule is Cc1ccc2c(c1)O[C@@H](C(=O)Nc1ccc(N3CCCC3)cc1)CN2S(C)(=O)=O. The summed E-state index contributed by atoms with van der Waals surface area (Å²) < 4.78 is 31.6. The highest BCUT2D eigenvalue weighted by atomic mass is 32.2. The summed E-state index contributed by atoms with van der Waals surface area (Å²) in [5.74, 6) is 0.0194. The van der Waals surface area contributed by atoms with Crippen molar-refractivity contribution >= 4 is 33.0 Å². The lowest BCUT2D eigenvalue weighted by Crippen LogP contribution is -2.48. The van der Waals surface area contributed by atoms with E-state index >= 15 is 0 Å². The summed E-state index contributed by atoms with van der Waals surface area (Å²) in [7, 11) is -3.54. The van der Waals surface area contributed by atoms with Crippen LogP contribution in [0.1, 0.15) is 18.4 Å². The second kappa shape index (κ2) is 7.59. The van der Waals surface area contributed by atoms with Crippen LogP contribution in [-0.2, 0) is 14.8 Å². The number of nitrogens with zero attached hydrogens (tertiary/aromatic N) is 2. The molecule has 2 aromatic rings. The molecule has 2 heterocycles. The molecule has 1 atom stereocenters. The van der Waals surface area contributed by atoms with Crippen LogP contribution in [0.5, 0.6) is 5.75 Å². The fourth-order valence-corrected chi connectivity index (χ4v) is 4.68. The Hall–Kier alpha value is -2.74. The molecule has 4 rings (SSSR count). The molecule has 29 heavy (non-hydrogen) atoms. The van der Waals surface area contributed by atoms with Crippen molar-refractivity contribution in [2.75, 3.05) is 40.4 Å². The van der Waals surface area contributed by atoms with E-state index in [-0.39, 0.29) is 12.5 Å². The number of sulfonamides is 1. The van der Waals surface area contributed by atoms with Crippen molar-refractivity contribution in [1.29, 1.82) is 0 Å². The van der Waals surface area contributed by atoms with E-state index < -0.39 is 16.1 Å². The molecule has 2 aromatic carbocycles. The number of ether oxygens (including phenoxy) is 1. The van der Waals surface area contributed by atoms with Gasteiger partial charge in [-0.3, -0.25) is 9.10 Å². The van der Waals surface area contributed by atoms with Crippen LogP contribution in [0.15, 0.2) is 42.5 Å². The molecule has 0 unspecified atom stereocenters. The Morgan fingerprint density at radius 3 is 2.45 bits per heavy atom. The molecule has 0 saturated carbocycles. The fourth-order valence-electron chi connectivity index (χ4n) is 3.77. The van der Waals surface area contributed by atoms with Crippen molar-refractivity contribution in [3.8, 4) is 5.75 Å². The van der Waals surface area contributed by atoms with Crippen molar-refractivity contribution in [2.24, 2.45) is 0 Å². The van der Waals surface area contributed by atoms with Crippen molar-refractivity contribution < 1.29 is 17.9 Å². The lowest BCUT2D eigenvalue weighted by atomic mass is 10.1. The van der Waals surface area contributed by atoms with Crippen LogP contribution in [-0.4, -0.2) is 46.3 Å². The summed E-state index contributed by atoms with van der Waals surface area (Å²) >= 11 is 0. The second-order valence-corrected chi connectivity index (χ2v) is 9.51. The molecule has 0 radical (unpaired) electrons. The Balaban J connectivity index is 1.51.